The first-order valence-electron chi connectivity index (χ1n) is 8.80. The summed E-state index contributed by atoms with van der Waals surface area (Å²) in [4.78, 5) is 0. The van der Waals surface area contributed by atoms with Gasteiger partial charge in [0.05, 0.1) is 0 Å². The second-order valence-corrected chi connectivity index (χ2v) is 6.90. The largest absolute Gasteiger partial charge is 0.485 e. The van der Waals surface area contributed by atoms with Crippen LogP contribution in [0, 0.1) is 0 Å². The lowest BCUT2D eigenvalue weighted by Gasteiger charge is -2.24. The van der Waals surface area contributed by atoms with Crippen molar-refractivity contribution in [2.24, 2.45) is 5.73 Å². The van der Waals surface area contributed by atoms with Crippen molar-refractivity contribution in [1.29, 1.82) is 0 Å². The Morgan fingerprint density at radius 1 is 0.692 bits per heavy atom. The van der Waals surface area contributed by atoms with Crippen LogP contribution in [0.3, 0.4) is 0 Å². The maximum atomic E-state index is 6.37. The molecule has 0 aromatic heterocycles. The SMILES string of the molecule is CC(C)(N)c1cccc(OCc2ccccc2)c1OCc1ccccc1. The second kappa shape index (κ2) is 8.07. The predicted molar refractivity (Wildman–Crippen MR) is 105 cm³/mol. The minimum absolute atomic E-state index is 0.468. The van der Waals surface area contributed by atoms with Crippen LogP contribution in [0.4, 0.5) is 0 Å². The van der Waals surface area contributed by atoms with Gasteiger partial charge in [-0.2, -0.15) is 0 Å². The summed E-state index contributed by atoms with van der Waals surface area (Å²) in [6.45, 7) is 4.89. The first-order chi connectivity index (χ1) is 12.5. The molecule has 0 atom stereocenters. The molecule has 134 valence electrons. The van der Waals surface area contributed by atoms with Crippen molar-refractivity contribution >= 4 is 0 Å². The average Bonchev–Trinajstić information content (AvgIpc) is 2.66. The molecule has 0 aliphatic carbocycles. The van der Waals surface area contributed by atoms with Crippen LogP contribution in [0.2, 0.25) is 0 Å². The molecular formula is C23H25NO2. The molecule has 2 N–H and O–H groups in total. The Kier molecular flexibility index (Phi) is 5.59. The fraction of sp³-hybridized carbons (Fsp3) is 0.217. The molecule has 0 fully saturated rings. The summed E-state index contributed by atoms with van der Waals surface area (Å²) in [6.07, 6.45) is 0. The van der Waals surface area contributed by atoms with Crippen LogP contribution in [-0.4, -0.2) is 0 Å². The fourth-order valence-corrected chi connectivity index (χ4v) is 2.75. The van der Waals surface area contributed by atoms with Gasteiger partial charge in [0.2, 0.25) is 0 Å². The summed E-state index contributed by atoms with van der Waals surface area (Å²) < 4.78 is 12.2. The maximum Gasteiger partial charge on any atom is 0.166 e. The Hall–Kier alpha value is -2.78. The predicted octanol–water partition coefficient (Wildman–Crippen LogP) is 5.04. The van der Waals surface area contributed by atoms with Gasteiger partial charge in [0.25, 0.3) is 0 Å². The molecule has 3 aromatic carbocycles. The Morgan fingerprint density at radius 3 is 1.77 bits per heavy atom. The lowest BCUT2D eigenvalue weighted by atomic mass is 9.94. The van der Waals surface area contributed by atoms with Crippen molar-refractivity contribution in [1.82, 2.24) is 0 Å². The van der Waals surface area contributed by atoms with E-state index in [1.165, 1.54) is 0 Å². The number of para-hydroxylation sites is 1. The van der Waals surface area contributed by atoms with Crippen LogP contribution in [0.25, 0.3) is 0 Å². The molecule has 0 aliphatic rings. The Labute approximate surface area is 155 Å². The zero-order chi connectivity index (χ0) is 18.4. The van der Waals surface area contributed by atoms with Crippen LogP contribution in [0.15, 0.2) is 78.9 Å². The van der Waals surface area contributed by atoms with Gasteiger partial charge in [-0.15, -0.1) is 0 Å². The first kappa shape index (κ1) is 18.0. The van der Waals surface area contributed by atoms with E-state index in [1.54, 1.807) is 0 Å². The molecule has 26 heavy (non-hydrogen) atoms. The molecule has 3 nitrogen and oxygen atoms in total. The van der Waals surface area contributed by atoms with E-state index in [1.807, 2.05) is 92.7 Å². The van der Waals surface area contributed by atoms with Gasteiger partial charge in [-0.3, -0.25) is 0 Å². The van der Waals surface area contributed by atoms with E-state index in [2.05, 4.69) is 0 Å². The number of benzene rings is 3. The standard InChI is InChI=1S/C23H25NO2/c1-23(2,24)20-14-9-15-21(25-16-18-10-5-3-6-11-18)22(20)26-17-19-12-7-4-8-13-19/h3-15H,16-17,24H2,1-2H3. The molecule has 0 unspecified atom stereocenters. The summed E-state index contributed by atoms with van der Waals surface area (Å²) in [5.74, 6) is 1.42. The Balaban J connectivity index is 1.85. The van der Waals surface area contributed by atoms with E-state index >= 15 is 0 Å². The van der Waals surface area contributed by atoms with Crippen LogP contribution < -0.4 is 15.2 Å². The van der Waals surface area contributed by atoms with Crippen LogP contribution in [0.5, 0.6) is 11.5 Å². The average molecular weight is 347 g/mol. The van der Waals surface area contributed by atoms with Gasteiger partial charge in [-0.05, 0) is 31.0 Å². The molecular weight excluding hydrogens is 322 g/mol. The zero-order valence-electron chi connectivity index (χ0n) is 15.3. The Morgan fingerprint density at radius 2 is 1.23 bits per heavy atom. The van der Waals surface area contributed by atoms with E-state index in [-0.39, 0.29) is 0 Å². The summed E-state index contributed by atoms with van der Waals surface area (Å²) in [6, 6.07) is 26.1. The van der Waals surface area contributed by atoms with Gasteiger partial charge in [-0.25, -0.2) is 0 Å². The smallest absolute Gasteiger partial charge is 0.166 e. The molecule has 0 saturated heterocycles. The molecule has 0 bridgehead atoms. The van der Waals surface area contributed by atoms with E-state index < -0.39 is 5.54 Å². The maximum absolute atomic E-state index is 6.37. The molecule has 3 rings (SSSR count). The first-order valence-corrected chi connectivity index (χ1v) is 8.80. The minimum Gasteiger partial charge on any atom is -0.485 e. The topological polar surface area (TPSA) is 44.5 Å². The quantitative estimate of drug-likeness (QED) is 0.651. The van der Waals surface area contributed by atoms with Crippen molar-refractivity contribution in [3.63, 3.8) is 0 Å². The van der Waals surface area contributed by atoms with Gasteiger partial charge in [-0.1, -0.05) is 72.8 Å². The normalized spacial score (nSPS) is 11.2. The molecule has 0 spiro atoms. The highest BCUT2D eigenvalue weighted by molar-refractivity contribution is 5.49. The summed E-state index contributed by atoms with van der Waals surface area (Å²) in [5.41, 5.74) is 8.98. The molecule has 0 amide bonds. The number of nitrogens with two attached hydrogens (primary N) is 1. The lowest BCUT2D eigenvalue weighted by molar-refractivity contribution is 0.250. The number of rotatable bonds is 7. The third-order valence-electron chi connectivity index (χ3n) is 4.14. The highest BCUT2D eigenvalue weighted by Gasteiger charge is 2.22. The zero-order valence-corrected chi connectivity index (χ0v) is 15.3. The molecule has 3 aromatic rings. The summed E-state index contributed by atoms with van der Waals surface area (Å²) in [7, 11) is 0. The van der Waals surface area contributed by atoms with Gasteiger partial charge in [0.15, 0.2) is 11.5 Å². The van der Waals surface area contributed by atoms with Crippen LogP contribution in [-0.2, 0) is 18.8 Å². The van der Waals surface area contributed by atoms with Crippen molar-refractivity contribution in [2.75, 3.05) is 0 Å². The van der Waals surface area contributed by atoms with Gasteiger partial charge in [0.1, 0.15) is 13.2 Å². The second-order valence-electron chi connectivity index (χ2n) is 6.90. The van der Waals surface area contributed by atoms with Crippen molar-refractivity contribution in [2.45, 2.75) is 32.6 Å². The van der Waals surface area contributed by atoms with E-state index in [0.717, 1.165) is 16.7 Å². The Bertz CT molecular complexity index is 824. The van der Waals surface area contributed by atoms with Gasteiger partial charge < -0.3 is 15.2 Å². The lowest BCUT2D eigenvalue weighted by Crippen LogP contribution is -2.29. The molecule has 0 radical (unpaired) electrons. The van der Waals surface area contributed by atoms with E-state index in [4.69, 9.17) is 15.2 Å². The highest BCUT2D eigenvalue weighted by Crippen LogP contribution is 2.37. The molecule has 0 heterocycles. The highest BCUT2D eigenvalue weighted by atomic mass is 16.5. The number of hydrogen-bond donors (Lipinski definition) is 1. The fourth-order valence-electron chi connectivity index (χ4n) is 2.75. The van der Waals surface area contributed by atoms with Crippen LogP contribution >= 0.6 is 0 Å². The number of ether oxygens (including phenoxy) is 2. The minimum atomic E-state index is -0.530. The van der Waals surface area contributed by atoms with Crippen LogP contribution in [0.1, 0.15) is 30.5 Å². The third-order valence-corrected chi connectivity index (χ3v) is 4.14. The van der Waals surface area contributed by atoms with Gasteiger partial charge in [0, 0.05) is 11.1 Å². The van der Waals surface area contributed by atoms with Crippen molar-refractivity contribution in [3.8, 4) is 11.5 Å². The molecule has 0 saturated carbocycles. The monoisotopic (exact) mass is 347 g/mol. The third kappa shape index (κ3) is 4.64. The molecule has 0 aliphatic heterocycles. The van der Waals surface area contributed by atoms with E-state index in [0.29, 0.717) is 24.7 Å². The van der Waals surface area contributed by atoms with Crippen molar-refractivity contribution in [3.05, 3.63) is 95.6 Å². The molecule has 3 heteroatoms. The summed E-state index contributed by atoms with van der Waals surface area (Å²) in [5, 5.41) is 0. The van der Waals surface area contributed by atoms with Gasteiger partial charge >= 0.3 is 0 Å². The van der Waals surface area contributed by atoms with E-state index in [9.17, 15) is 0 Å². The van der Waals surface area contributed by atoms with Crippen molar-refractivity contribution < 1.29 is 9.47 Å². The number of hydrogen-bond acceptors (Lipinski definition) is 3. The summed E-state index contributed by atoms with van der Waals surface area (Å²) >= 11 is 0.